The summed E-state index contributed by atoms with van der Waals surface area (Å²) in [7, 11) is 0. The van der Waals surface area contributed by atoms with Crippen LogP contribution in [0.3, 0.4) is 0 Å². The Morgan fingerprint density at radius 3 is 2.88 bits per heavy atom. The highest BCUT2D eigenvalue weighted by Gasteiger charge is 2.21. The monoisotopic (exact) mass is 231 g/mol. The lowest BCUT2D eigenvalue weighted by molar-refractivity contribution is 0.545. The molecule has 2 heterocycles. The van der Waals surface area contributed by atoms with E-state index < -0.39 is 0 Å². The maximum atomic E-state index is 12.1. The summed E-state index contributed by atoms with van der Waals surface area (Å²) in [5.41, 5.74) is 4.47. The van der Waals surface area contributed by atoms with Gasteiger partial charge in [0.2, 0.25) is 0 Å². The van der Waals surface area contributed by atoms with Gasteiger partial charge < -0.3 is 10.3 Å². The molecule has 0 saturated carbocycles. The topological polar surface area (TPSA) is 49.8 Å². The van der Waals surface area contributed by atoms with Gasteiger partial charge in [-0.1, -0.05) is 6.07 Å². The summed E-state index contributed by atoms with van der Waals surface area (Å²) >= 11 is 0. The molecule has 1 unspecified atom stereocenters. The lowest BCUT2D eigenvalue weighted by atomic mass is 10.1. The number of fused-ring (bicyclic) bond motifs is 1. The smallest absolute Gasteiger partial charge is 0.315 e. The van der Waals surface area contributed by atoms with Crippen molar-refractivity contribution in [3.05, 3.63) is 33.7 Å². The molecule has 1 fully saturated rings. The number of aromatic nitrogens is 2. The van der Waals surface area contributed by atoms with Gasteiger partial charge in [-0.2, -0.15) is 0 Å². The molecular weight excluding hydrogens is 214 g/mol. The van der Waals surface area contributed by atoms with Crippen LogP contribution in [0.25, 0.3) is 11.0 Å². The van der Waals surface area contributed by atoms with Crippen LogP contribution in [0.5, 0.6) is 0 Å². The Morgan fingerprint density at radius 2 is 2.18 bits per heavy atom. The maximum absolute atomic E-state index is 12.1. The van der Waals surface area contributed by atoms with E-state index in [1.54, 1.807) is 0 Å². The fourth-order valence-corrected chi connectivity index (χ4v) is 2.70. The Bertz CT molecular complexity index is 617. The molecular formula is C13H17N3O. The van der Waals surface area contributed by atoms with E-state index in [9.17, 15) is 4.79 Å². The van der Waals surface area contributed by atoms with Gasteiger partial charge in [-0.25, -0.2) is 4.79 Å². The summed E-state index contributed by atoms with van der Waals surface area (Å²) in [5.74, 6) is 0. The Labute approximate surface area is 99.6 Å². The van der Waals surface area contributed by atoms with Crippen molar-refractivity contribution >= 4 is 11.0 Å². The number of hydrogen-bond donors (Lipinski definition) is 2. The van der Waals surface area contributed by atoms with Gasteiger partial charge in [0, 0.05) is 6.54 Å². The average Bonchev–Trinajstić information content (AvgIpc) is 2.90. The van der Waals surface area contributed by atoms with Crippen molar-refractivity contribution in [3.63, 3.8) is 0 Å². The second-order valence-corrected chi connectivity index (χ2v) is 4.85. The van der Waals surface area contributed by atoms with Gasteiger partial charge in [0.25, 0.3) is 0 Å². The minimum absolute atomic E-state index is 0.0161. The van der Waals surface area contributed by atoms with Crippen LogP contribution in [-0.4, -0.2) is 22.6 Å². The van der Waals surface area contributed by atoms with Crippen LogP contribution in [0.15, 0.2) is 16.9 Å². The van der Waals surface area contributed by atoms with E-state index in [2.05, 4.69) is 30.2 Å². The summed E-state index contributed by atoms with van der Waals surface area (Å²) in [6.07, 6.45) is 1.03. The molecule has 1 aliphatic rings. The fraction of sp³-hybridized carbons (Fsp3) is 0.462. The molecule has 1 aromatic carbocycles. The SMILES string of the molecule is Cc1ccc2[nH]c(=O)n(C3CCNC3)c2c1C. The van der Waals surface area contributed by atoms with E-state index in [-0.39, 0.29) is 11.7 Å². The summed E-state index contributed by atoms with van der Waals surface area (Å²) in [6.45, 7) is 6.06. The van der Waals surface area contributed by atoms with Crippen molar-refractivity contribution < 1.29 is 0 Å². The zero-order valence-corrected chi connectivity index (χ0v) is 10.2. The summed E-state index contributed by atoms with van der Waals surface area (Å²) in [4.78, 5) is 15.0. The summed E-state index contributed by atoms with van der Waals surface area (Å²) in [5, 5.41) is 3.31. The Balaban J connectivity index is 2.32. The van der Waals surface area contributed by atoms with Crippen molar-refractivity contribution in [1.82, 2.24) is 14.9 Å². The molecule has 4 nitrogen and oxygen atoms in total. The van der Waals surface area contributed by atoms with Crippen LogP contribution in [0.1, 0.15) is 23.6 Å². The number of rotatable bonds is 1. The molecule has 0 spiro atoms. The Hall–Kier alpha value is -1.55. The molecule has 1 saturated heterocycles. The van der Waals surface area contributed by atoms with Gasteiger partial charge in [-0.05, 0) is 44.0 Å². The fourth-order valence-electron chi connectivity index (χ4n) is 2.70. The predicted molar refractivity (Wildman–Crippen MR) is 68.6 cm³/mol. The van der Waals surface area contributed by atoms with E-state index in [1.807, 2.05) is 10.6 Å². The number of imidazole rings is 1. The minimum atomic E-state index is 0.0161. The molecule has 1 aliphatic heterocycles. The number of H-pyrrole nitrogens is 1. The molecule has 0 aliphatic carbocycles. The zero-order chi connectivity index (χ0) is 12.0. The van der Waals surface area contributed by atoms with Gasteiger partial charge in [-0.15, -0.1) is 0 Å². The first-order valence-corrected chi connectivity index (χ1v) is 6.09. The Morgan fingerprint density at radius 1 is 1.35 bits per heavy atom. The molecule has 1 aromatic heterocycles. The lowest BCUT2D eigenvalue weighted by Gasteiger charge is -2.12. The van der Waals surface area contributed by atoms with Crippen LogP contribution in [-0.2, 0) is 0 Å². The van der Waals surface area contributed by atoms with Crippen molar-refractivity contribution in [2.24, 2.45) is 0 Å². The third-order valence-corrected chi connectivity index (χ3v) is 3.80. The van der Waals surface area contributed by atoms with Crippen LogP contribution in [0, 0.1) is 13.8 Å². The highest BCUT2D eigenvalue weighted by atomic mass is 16.1. The first-order valence-electron chi connectivity index (χ1n) is 6.09. The highest BCUT2D eigenvalue weighted by Crippen LogP contribution is 2.24. The van der Waals surface area contributed by atoms with Crippen molar-refractivity contribution in [2.75, 3.05) is 13.1 Å². The summed E-state index contributed by atoms with van der Waals surface area (Å²) < 4.78 is 1.93. The zero-order valence-electron chi connectivity index (χ0n) is 10.2. The summed E-state index contributed by atoms with van der Waals surface area (Å²) in [6, 6.07) is 4.35. The molecule has 17 heavy (non-hydrogen) atoms. The maximum Gasteiger partial charge on any atom is 0.326 e. The molecule has 2 N–H and O–H groups in total. The normalized spacial score (nSPS) is 20.2. The Kier molecular flexibility index (Phi) is 2.33. The number of nitrogens with zero attached hydrogens (tertiary/aromatic N) is 1. The number of aromatic amines is 1. The molecule has 90 valence electrons. The minimum Gasteiger partial charge on any atom is -0.315 e. The molecule has 2 aromatic rings. The third kappa shape index (κ3) is 1.52. The molecule has 3 rings (SSSR count). The first kappa shape index (κ1) is 10.6. The van der Waals surface area contributed by atoms with E-state index in [0.717, 1.165) is 30.5 Å². The molecule has 0 bridgehead atoms. The molecule has 1 atom stereocenters. The molecule has 4 heteroatoms. The second-order valence-electron chi connectivity index (χ2n) is 4.85. The second kappa shape index (κ2) is 3.74. The van der Waals surface area contributed by atoms with Gasteiger partial charge in [0.15, 0.2) is 0 Å². The van der Waals surface area contributed by atoms with Crippen LogP contribution in [0.2, 0.25) is 0 Å². The van der Waals surface area contributed by atoms with Gasteiger partial charge in [0.05, 0.1) is 17.1 Å². The largest absolute Gasteiger partial charge is 0.326 e. The third-order valence-electron chi connectivity index (χ3n) is 3.80. The number of nitrogens with one attached hydrogen (secondary N) is 2. The number of benzene rings is 1. The van der Waals surface area contributed by atoms with Gasteiger partial charge >= 0.3 is 5.69 Å². The van der Waals surface area contributed by atoms with E-state index in [1.165, 1.54) is 11.1 Å². The lowest BCUT2D eigenvalue weighted by Crippen LogP contribution is -2.24. The number of aryl methyl sites for hydroxylation is 2. The van der Waals surface area contributed by atoms with Gasteiger partial charge in [-0.3, -0.25) is 4.57 Å². The quantitative estimate of drug-likeness (QED) is 0.781. The van der Waals surface area contributed by atoms with Crippen molar-refractivity contribution in [2.45, 2.75) is 26.3 Å². The predicted octanol–water partition coefficient (Wildman–Crippen LogP) is 1.48. The van der Waals surface area contributed by atoms with Crippen LogP contribution >= 0.6 is 0 Å². The molecule has 0 amide bonds. The van der Waals surface area contributed by atoms with Crippen LogP contribution < -0.4 is 11.0 Å². The van der Waals surface area contributed by atoms with E-state index in [0.29, 0.717) is 0 Å². The average molecular weight is 231 g/mol. The first-order chi connectivity index (χ1) is 8.18. The van der Waals surface area contributed by atoms with Crippen LogP contribution in [0.4, 0.5) is 0 Å². The van der Waals surface area contributed by atoms with E-state index in [4.69, 9.17) is 0 Å². The standard InChI is InChI=1S/C13H17N3O/c1-8-3-4-11-12(9(8)2)16(13(17)15-11)10-5-6-14-7-10/h3-4,10,14H,5-7H2,1-2H3,(H,15,17). The number of hydrogen-bond acceptors (Lipinski definition) is 2. The van der Waals surface area contributed by atoms with Crippen molar-refractivity contribution in [3.8, 4) is 0 Å². The van der Waals surface area contributed by atoms with E-state index >= 15 is 0 Å². The highest BCUT2D eigenvalue weighted by molar-refractivity contribution is 5.80. The molecule has 0 radical (unpaired) electrons. The van der Waals surface area contributed by atoms with Crippen molar-refractivity contribution in [1.29, 1.82) is 0 Å². The van der Waals surface area contributed by atoms with Gasteiger partial charge in [0.1, 0.15) is 0 Å².